The number of benzene rings is 8. The van der Waals surface area contributed by atoms with Gasteiger partial charge in [-0.05, 0) is 80.2 Å². The van der Waals surface area contributed by atoms with Crippen LogP contribution in [-0.2, 0) is 0 Å². The first-order chi connectivity index (χ1) is 25.7. The van der Waals surface area contributed by atoms with Crippen LogP contribution in [0.15, 0.2) is 179 Å². The molecule has 11 aromatic rings. The van der Waals surface area contributed by atoms with Crippen molar-refractivity contribution < 1.29 is 8.83 Å². The van der Waals surface area contributed by atoms with Gasteiger partial charge in [-0.15, -0.1) is 0 Å². The number of hydrogen-bond acceptors (Lipinski definition) is 4. The maximum atomic E-state index is 6.68. The molecule has 0 atom stereocenters. The summed E-state index contributed by atoms with van der Waals surface area (Å²) in [4.78, 5) is 10.2. The largest absolute Gasteiger partial charge is 0.456 e. The molecule has 4 nitrogen and oxygen atoms in total. The van der Waals surface area contributed by atoms with Crippen LogP contribution in [0.2, 0.25) is 0 Å². The lowest BCUT2D eigenvalue weighted by Gasteiger charge is -2.12. The van der Waals surface area contributed by atoms with Crippen LogP contribution >= 0.6 is 0 Å². The van der Waals surface area contributed by atoms with Crippen LogP contribution in [0.4, 0.5) is 0 Å². The number of fused-ring (bicyclic) bond motifs is 8. The van der Waals surface area contributed by atoms with E-state index >= 15 is 0 Å². The first-order valence-corrected chi connectivity index (χ1v) is 17.5. The van der Waals surface area contributed by atoms with Crippen LogP contribution in [0, 0.1) is 0 Å². The van der Waals surface area contributed by atoms with E-state index in [-0.39, 0.29) is 0 Å². The number of para-hydroxylation sites is 1. The molecule has 0 unspecified atom stereocenters. The second-order valence-corrected chi connectivity index (χ2v) is 13.3. The van der Waals surface area contributed by atoms with E-state index in [0.29, 0.717) is 11.4 Å². The Balaban J connectivity index is 1.12. The highest BCUT2D eigenvalue weighted by Gasteiger charge is 2.20. The smallest absolute Gasteiger partial charge is 0.180 e. The summed E-state index contributed by atoms with van der Waals surface area (Å²) in [6.07, 6.45) is 0. The van der Waals surface area contributed by atoms with E-state index in [1.165, 1.54) is 21.7 Å². The fraction of sp³-hybridized carbons (Fsp3) is 0. The molecule has 3 aromatic heterocycles. The summed E-state index contributed by atoms with van der Waals surface area (Å²) in [6, 6.07) is 59.3. The molecule has 0 amide bonds. The summed E-state index contributed by atoms with van der Waals surface area (Å²) in [7, 11) is 0. The topological polar surface area (TPSA) is 52.1 Å². The lowest BCUT2D eigenvalue weighted by molar-refractivity contribution is 0.667. The second kappa shape index (κ2) is 11.2. The van der Waals surface area contributed by atoms with Gasteiger partial charge < -0.3 is 8.83 Å². The summed E-state index contributed by atoms with van der Waals surface area (Å²) in [5, 5.41) is 7.94. The fourth-order valence-electron chi connectivity index (χ4n) is 7.76. The zero-order valence-corrected chi connectivity index (χ0v) is 27.9. The third-order valence-corrected chi connectivity index (χ3v) is 10.3. The zero-order chi connectivity index (χ0) is 34.2. The fourth-order valence-corrected chi connectivity index (χ4v) is 7.76. The Morgan fingerprint density at radius 2 is 1.06 bits per heavy atom. The van der Waals surface area contributed by atoms with Crippen molar-refractivity contribution in [3.63, 3.8) is 0 Å². The molecule has 0 aliphatic carbocycles. The van der Waals surface area contributed by atoms with Crippen molar-refractivity contribution >= 4 is 65.6 Å². The van der Waals surface area contributed by atoms with E-state index in [1.54, 1.807) is 0 Å². The Morgan fingerprint density at radius 3 is 1.90 bits per heavy atom. The predicted octanol–water partition coefficient (Wildman–Crippen LogP) is 13.2. The molecule has 0 radical (unpaired) electrons. The molecule has 0 aliphatic heterocycles. The Kier molecular flexibility index (Phi) is 6.22. The van der Waals surface area contributed by atoms with E-state index in [2.05, 4.69) is 133 Å². The number of nitrogens with zero attached hydrogens (tertiary/aromatic N) is 2. The summed E-state index contributed by atoms with van der Waals surface area (Å²) in [6.45, 7) is 0. The van der Waals surface area contributed by atoms with Gasteiger partial charge in [0.15, 0.2) is 11.4 Å². The molecule has 0 aliphatic rings. The van der Waals surface area contributed by atoms with Gasteiger partial charge in [-0.2, -0.15) is 0 Å². The number of rotatable bonds is 4. The Morgan fingerprint density at radius 1 is 0.365 bits per heavy atom. The minimum absolute atomic E-state index is 0.652. The second-order valence-electron chi connectivity index (χ2n) is 13.3. The van der Waals surface area contributed by atoms with E-state index in [9.17, 15) is 0 Å². The monoisotopic (exact) mass is 664 g/mol. The van der Waals surface area contributed by atoms with Crippen molar-refractivity contribution in [1.29, 1.82) is 0 Å². The van der Waals surface area contributed by atoms with Gasteiger partial charge in [0.25, 0.3) is 0 Å². The third-order valence-electron chi connectivity index (χ3n) is 10.3. The Bertz CT molecular complexity index is 3170. The average Bonchev–Trinajstić information content (AvgIpc) is 3.77. The lowest BCUT2D eigenvalue weighted by atomic mass is 9.91. The third kappa shape index (κ3) is 4.48. The molecule has 3 heterocycles. The van der Waals surface area contributed by atoms with Crippen molar-refractivity contribution in [2.24, 2.45) is 0 Å². The molecule has 11 rings (SSSR count). The molecule has 4 heteroatoms. The molecule has 0 saturated carbocycles. The van der Waals surface area contributed by atoms with Crippen LogP contribution in [0.1, 0.15) is 0 Å². The van der Waals surface area contributed by atoms with Crippen molar-refractivity contribution in [2.75, 3.05) is 0 Å². The van der Waals surface area contributed by atoms with Crippen LogP contribution in [0.3, 0.4) is 0 Å². The highest BCUT2D eigenvalue weighted by Crippen LogP contribution is 2.43. The average molecular weight is 665 g/mol. The van der Waals surface area contributed by atoms with Crippen molar-refractivity contribution in [1.82, 2.24) is 9.97 Å². The molecular weight excluding hydrogens is 637 g/mol. The molecule has 0 spiro atoms. The van der Waals surface area contributed by atoms with Gasteiger partial charge in [-0.1, -0.05) is 133 Å². The van der Waals surface area contributed by atoms with Crippen molar-refractivity contribution in [3.8, 4) is 44.9 Å². The highest BCUT2D eigenvalue weighted by molar-refractivity contribution is 6.17. The summed E-state index contributed by atoms with van der Waals surface area (Å²) in [5.41, 5.74) is 11.2. The minimum atomic E-state index is 0.652. The molecule has 0 fully saturated rings. The number of aromatic nitrogens is 2. The standard InChI is InChI=1S/C48H28N2O2/c1-2-12-31(13-3-1)45-47-46(38-18-8-9-20-41(38)52-47)50-48(49-45)32-23-21-30(22-24-32)39-26-35(37-19-10-16-29-11-6-7-17-36(29)37)28-43-44(39)40-25-33-14-4-5-15-34(33)27-42(40)51-43/h1-28H. The van der Waals surface area contributed by atoms with E-state index < -0.39 is 0 Å². The zero-order valence-electron chi connectivity index (χ0n) is 27.9. The molecule has 0 N–H and O–H groups in total. The Hall–Kier alpha value is -7.04. The van der Waals surface area contributed by atoms with Crippen molar-refractivity contribution in [2.45, 2.75) is 0 Å². The van der Waals surface area contributed by atoms with Gasteiger partial charge in [-0.3, -0.25) is 0 Å². The molecule has 242 valence electrons. The lowest BCUT2D eigenvalue weighted by Crippen LogP contribution is -1.94. The minimum Gasteiger partial charge on any atom is -0.456 e. The summed E-state index contributed by atoms with van der Waals surface area (Å²) in [5.74, 6) is 0.652. The van der Waals surface area contributed by atoms with Gasteiger partial charge in [0.05, 0.1) is 0 Å². The number of furan rings is 2. The van der Waals surface area contributed by atoms with Gasteiger partial charge in [0.2, 0.25) is 0 Å². The van der Waals surface area contributed by atoms with Crippen LogP contribution < -0.4 is 0 Å². The van der Waals surface area contributed by atoms with E-state index in [1.807, 2.05) is 36.4 Å². The summed E-state index contributed by atoms with van der Waals surface area (Å²) < 4.78 is 13.0. The van der Waals surface area contributed by atoms with Crippen molar-refractivity contribution in [3.05, 3.63) is 170 Å². The molecule has 52 heavy (non-hydrogen) atoms. The maximum absolute atomic E-state index is 6.68. The van der Waals surface area contributed by atoms with Gasteiger partial charge in [-0.25, -0.2) is 9.97 Å². The Labute approximate surface area is 298 Å². The first kappa shape index (κ1) is 28.8. The molecule has 0 saturated heterocycles. The van der Waals surface area contributed by atoms with Crippen LogP contribution in [0.25, 0.3) is 110 Å². The van der Waals surface area contributed by atoms with Gasteiger partial charge in [0.1, 0.15) is 28.0 Å². The predicted molar refractivity (Wildman–Crippen MR) is 213 cm³/mol. The van der Waals surface area contributed by atoms with Gasteiger partial charge >= 0.3 is 0 Å². The van der Waals surface area contributed by atoms with E-state index in [0.717, 1.165) is 77.3 Å². The summed E-state index contributed by atoms with van der Waals surface area (Å²) >= 11 is 0. The SMILES string of the molecule is c1ccc(-c2nc(-c3ccc(-c4cc(-c5cccc6ccccc56)cc5oc6cc7ccccc7cc6c45)cc3)nc3c2oc2ccccc23)cc1. The normalized spacial score (nSPS) is 11.8. The molecule has 8 aromatic carbocycles. The number of hydrogen-bond donors (Lipinski definition) is 0. The highest BCUT2D eigenvalue weighted by atomic mass is 16.3. The quantitative estimate of drug-likeness (QED) is 0.188. The van der Waals surface area contributed by atoms with Crippen LogP contribution in [0.5, 0.6) is 0 Å². The molecule has 0 bridgehead atoms. The first-order valence-electron chi connectivity index (χ1n) is 17.5. The van der Waals surface area contributed by atoms with Gasteiger partial charge in [0, 0.05) is 27.3 Å². The van der Waals surface area contributed by atoms with E-state index in [4.69, 9.17) is 18.8 Å². The van der Waals surface area contributed by atoms with Crippen LogP contribution in [-0.4, -0.2) is 9.97 Å². The molecular formula is C48H28N2O2. The maximum Gasteiger partial charge on any atom is 0.180 e.